The molecule has 1 saturated carbocycles. The van der Waals surface area contributed by atoms with Gasteiger partial charge >= 0.3 is 0 Å². The monoisotopic (exact) mass is 319 g/mol. The van der Waals surface area contributed by atoms with Crippen molar-refractivity contribution in [3.05, 3.63) is 17.3 Å². The number of carbonyl (C=O) groups excluding carboxylic acids is 1. The number of anilines is 1. The lowest BCUT2D eigenvalue weighted by atomic mass is 9.88. The second kappa shape index (κ2) is 6.60. The van der Waals surface area contributed by atoms with Gasteiger partial charge in [0.15, 0.2) is 0 Å². The number of thiophene rings is 1. The summed E-state index contributed by atoms with van der Waals surface area (Å²) in [7, 11) is 0. The fourth-order valence-electron chi connectivity index (χ4n) is 2.73. The van der Waals surface area contributed by atoms with Crippen LogP contribution >= 0.6 is 11.3 Å². The van der Waals surface area contributed by atoms with E-state index in [9.17, 15) is 4.79 Å². The molecule has 2 heterocycles. The zero-order valence-electron chi connectivity index (χ0n) is 13.0. The molecule has 1 N–H and O–H groups in total. The van der Waals surface area contributed by atoms with Gasteiger partial charge in [-0.2, -0.15) is 0 Å². The Morgan fingerprint density at radius 2 is 2.09 bits per heavy atom. The second-order valence-corrected chi connectivity index (χ2v) is 7.00. The fourth-order valence-corrected chi connectivity index (χ4v) is 3.50. The van der Waals surface area contributed by atoms with Gasteiger partial charge in [0, 0.05) is 11.8 Å². The van der Waals surface area contributed by atoms with Gasteiger partial charge < -0.3 is 9.73 Å². The van der Waals surface area contributed by atoms with Gasteiger partial charge in [0.05, 0.1) is 5.69 Å². The van der Waals surface area contributed by atoms with Crippen molar-refractivity contribution in [2.45, 2.75) is 51.9 Å². The molecule has 1 aliphatic rings. The number of hydrogen-bond acceptors (Lipinski definition) is 5. The van der Waals surface area contributed by atoms with Crippen molar-refractivity contribution < 1.29 is 9.21 Å². The van der Waals surface area contributed by atoms with Crippen molar-refractivity contribution in [2.75, 3.05) is 5.32 Å². The Hall–Kier alpha value is -1.69. The largest absolute Gasteiger partial charge is 0.420 e. The Labute approximate surface area is 134 Å². The van der Waals surface area contributed by atoms with E-state index >= 15 is 0 Å². The predicted molar refractivity (Wildman–Crippen MR) is 86.9 cm³/mol. The van der Waals surface area contributed by atoms with E-state index < -0.39 is 0 Å². The van der Waals surface area contributed by atoms with Gasteiger partial charge in [-0.1, -0.05) is 33.1 Å². The third kappa shape index (κ3) is 3.21. The maximum Gasteiger partial charge on any atom is 0.259 e. The standard InChI is InChI=1S/C16H21N3O2S/c1-10(2)15-18-19-16(21-15)13-12(8-9-22-13)17-14(20)11-6-4-3-5-7-11/h8-11H,3-7H2,1-2H3,(H,17,20). The molecule has 0 saturated heterocycles. The third-order valence-electron chi connectivity index (χ3n) is 4.03. The molecule has 0 spiro atoms. The summed E-state index contributed by atoms with van der Waals surface area (Å²) in [6.45, 7) is 4.02. The molecule has 5 nitrogen and oxygen atoms in total. The predicted octanol–water partition coefficient (Wildman–Crippen LogP) is 4.44. The molecule has 0 aromatic carbocycles. The lowest BCUT2D eigenvalue weighted by Gasteiger charge is -2.20. The van der Waals surface area contributed by atoms with Crippen LogP contribution in [0.2, 0.25) is 0 Å². The minimum absolute atomic E-state index is 0.114. The molecule has 3 rings (SSSR count). The highest BCUT2D eigenvalue weighted by molar-refractivity contribution is 7.14. The second-order valence-electron chi connectivity index (χ2n) is 6.09. The van der Waals surface area contributed by atoms with Gasteiger partial charge in [-0.05, 0) is 24.3 Å². The fraction of sp³-hybridized carbons (Fsp3) is 0.562. The van der Waals surface area contributed by atoms with Crippen LogP contribution in [0.4, 0.5) is 5.69 Å². The molecule has 1 amide bonds. The van der Waals surface area contributed by atoms with E-state index in [2.05, 4.69) is 15.5 Å². The first-order valence-electron chi connectivity index (χ1n) is 7.87. The minimum atomic E-state index is 0.114. The van der Waals surface area contributed by atoms with Crippen molar-refractivity contribution in [2.24, 2.45) is 5.92 Å². The molecule has 0 atom stereocenters. The van der Waals surface area contributed by atoms with Crippen LogP contribution < -0.4 is 5.32 Å². The van der Waals surface area contributed by atoms with Gasteiger partial charge in [-0.15, -0.1) is 21.5 Å². The number of rotatable bonds is 4. The Morgan fingerprint density at radius 1 is 1.32 bits per heavy atom. The summed E-state index contributed by atoms with van der Waals surface area (Å²) >= 11 is 1.51. The van der Waals surface area contributed by atoms with E-state index in [4.69, 9.17) is 4.42 Å². The first-order valence-corrected chi connectivity index (χ1v) is 8.75. The smallest absolute Gasteiger partial charge is 0.259 e. The molecule has 1 aliphatic carbocycles. The molecular formula is C16H21N3O2S. The summed E-state index contributed by atoms with van der Waals surface area (Å²) in [6.07, 6.45) is 5.52. The van der Waals surface area contributed by atoms with Crippen molar-refractivity contribution >= 4 is 22.9 Å². The minimum Gasteiger partial charge on any atom is -0.420 e. The third-order valence-corrected chi connectivity index (χ3v) is 4.93. The van der Waals surface area contributed by atoms with Crippen LogP contribution in [0.1, 0.15) is 57.8 Å². The van der Waals surface area contributed by atoms with Gasteiger partial charge in [-0.25, -0.2) is 0 Å². The summed E-state index contributed by atoms with van der Waals surface area (Å²) < 4.78 is 5.69. The van der Waals surface area contributed by atoms with E-state index in [1.807, 2.05) is 25.3 Å². The molecule has 0 unspecified atom stereocenters. The summed E-state index contributed by atoms with van der Waals surface area (Å²) in [4.78, 5) is 13.2. The number of carbonyl (C=O) groups is 1. The van der Waals surface area contributed by atoms with Crippen LogP contribution in [0.5, 0.6) is 0 Å². The first kappa shape index (κ1) is 15.2. The van der Waals surface area contributed by atoms with E-state index in [0.717, 1.165) is 36.2 Å². The highest BCUT2D eigenvalue weighted by atomic mass is 32.1. The number of nitrogens with one attached hydrogen (secondary N) is 1. The summed E-state index contributed by atoms with van der Waals surface area (Å²) in [5.74, 6) is 1.55. The van der Waals surface area contributed by atoms with E-state index in [0.29, 0.717) is 11.8 Å². The van der Waals surface area contributed by atoms with Crippen molar-refractivity contribution in [3.63, 3.8) is 0 Å². The zero-order valence-corrected chi connectivity index (χ0v) is 13.8. The Balaban J connectivity index is 1.75. The highest BCUT2D eigenvalue weighted by Crippen LogP contribution is 2.34. The molecule has 2 aromatic rings. The first-order chi connectivity index (χ1) is 10.6. The van der Waals surface area contributed by atoms with Crippen LogP contribution in [0.3, 0.4) is 0 Å². The Bertz CT molecular complexity index is 641. The normalized spacial score (nSPS) is 16.1. The van der Waals surface area contributed by atoms with Crippen LogP contribution in [0, 0.1) is 5.92 Å². The van der Waals surface area contributed by atoms with E-state index in [1.165, 1.54) is 17.8 Å². The van der Waals surface area contributed by atoms with E-state index in [1.54, 1.807) is 0 Å². The van der Waals surface area contributed by atoms with Gasteiger partial charge in [-0.3, -0.25) is 4.79 Å². The average molecular weight is 319 g/mol. The maximum atomic E-state index is 12.4. The number of amides is 1. The zero-order chi connectivity index (χ0) is 15.5. The molecule has 0 aliphatic heterocycles. The molecule has 0 radical (unpaired) electrons. The van der Waals surface area contributed by atoms with Crippen LogP contribution in [-0.2, 0) is 4.79 Å². The van der Waals surface area contributed by atoms with E-state index in [-0.39, 0.29) is 17.7 Å². The topological polar surface area (TPSA) is 68.0 Å². The lowest BCUT2D eigenvalue weighted by Crippen LogP contribution is -2.24. The molecule has 22 heavy (non-hydrogen) atoms. The van der Waals surface area contributed by atoms with Gasteiger partial charge in [0.2, 0.25) is 11.8 Å². The summed E-state index contributed by atoms with van der Waals surface area (Å²) in [5, 5.41) is 13.1. The highest BCUT2D eigenvalue weighted by Gasteiger charge is 2.23. The quantitative estimate of drug-likeness (QED) is 0.904. The van der Waals surface area contributed by atoms with Crippen molar-refractivity contribution in [3.8, 4) is 10.8 Å². The van der Waals surface area contributed by atoms with Crippen LogP contribution in [0.15, 0.2) is 15.9 Å². The molecule has 0 bridgehead atoms. The Kier molecular flexibility index (Phi) is 4.57. The molecule has 118 valence electrons. The van der Waals surface area contributed by atoms with Gasteiger partial charge in [0.25, 0.3) is 5.89 Å². The number of aromatic nitrogens is 2. The summed E-state index contributed by atoms with van der Waals surface area (Å²) in [6, 6.07) is 1.90. The number of hydrogen-bond donors (Lipinski definition) is 1. The maximum absolute atomic E-state index is 12.4. The van der Waals surface area contributed by atoms with Crippen LogP contribution in [0.25, 0.3) is 10.8 Å². The SMILES string of the molecule is CC(C)c1nnc(-c2sccc2NC(=O)C2CCCCC2)o1. The molecule has 1 fully saturated rings. The molecular weight excluding hydrogens is 298 g/mol. The van der Waals surface area contributed by atoms with Crippen LogP contribution in [-0.4, -0.2) is 16.1 Å². The average Bonchev–Trinajstić information content (AvgIpc) is 3.16. The van der Waals surface area contributed by atoms with Gasteiger partial charge in [0.1, 0.15) is 4.88 Å². The number of nitrogens with zero attached hydrogens (tertiary/aromatic N) is 2. The summed E-state index contributed by atoms with van der Waals surface area (Å²) in [5.41, 5.74) is 0.777. The lowest BCUT2D eigenvalue weighted by molar-refractivity contribution is -0.120. The Morgan fingerprint density at radius 3 is 2.77 bits per heavy atom. The molecule has 6 heteroatoms. The molecule has 2 aromatic heterocycles. The van der Waals surface area contributed by atoms with Crippen molar-refractivity contribution in [1.82, 2.24) is 10.2 Å². The van der Waals surface area contributed by atoms with Crippen molar-refractivity contribution in [1.29, 1.82) is 0 Å².